The van der Waals surface area contributed by atoms with Gasteiger partial charge in [0.1, 0.15) is 17.2 Å². The number of piperidine rings is 1. The Morgan fingerprint density at radius 3 is 2.79 bits per heavy atom. The summed E-state index contributed by atoms with van der Waals surface area (Å²) in [7, 11) is 1.54. The average Bonchev–Trinajstić information content (AvgIpc) is 3.15. The predicted octanol–water partition coefficient (Wildman–Crippen LogP) is 3.52. The number of likely N-dealkylation sites (tertiary alicyclic amines) is 1. The summed E-state index contributed by atoms with van der Waals surface area (Å²) in [4.78, 5) is 18.5. The third kappa shape index (κ3) is 3.69. The maximum Gasteiger partial charge on any atom is 0.410 e. The van der Waals surface area contributed by atoms with E-state index in [9.17, 15) is 4.79 Å². The van der Waals surface area contributed by atoms with Gasteiger partial charge in [-0.1, -0.05) is 11.6 Å². The summed E-state index contributed by atoms with van der Waals surface area (Å²) in [6.45, 7) is 5.95. The molecule has 1 aliphatic heterocycles. The third-order valence-corrected chi connectivity index (χ3v) is 4.51. The van der Waals surface area contributed by atoms with Gasteiger partial charge in [-0.15, -0.1) is 0 Å². The van der Waals surface area contributed by atoms with Crippen molar-refractivity contribution in [3.05, 3.63) is 17.2 Å². The summed E-state index contributed by atoms with van der Waals surface area (Å²) in [5.74, 6) is 1.31. The van der Waals surface area contributed by atoms with Crippen molar-refractivity contribution in [2.45, 2.75) is 51.3 Å². The van der Waals surface area contributed by atoms with E-state index in [0.29, 0.717) is 29.3 Å². The Bertz CT molecular complexity index is 632. The van der Waals surface area contributed by atoms with E-state index >= 15 is 0 Å². The van der Waals surface area contributed by atoms with Crippen molar-refractivity contribution in [1.29, 1.82) is 0 Å². The van der Waals surface area contributed by atoms with E-state index < -0.39 is 5.60 Å². The first-order valence-corrected chi connectivity index (χ1v) is 8.51. The van der Waals surface area contributed by atoms with Gasteiger partial charge in [-0.3, -0.25) is 4.90 Å². The Morgan fingerprint density at radius 1 is 1.38 bits per heavy atom. The van der Waals surface area contributed by atoms with Crippen LogP contribution in [0.1, 0.15) is 33.6 Å². The van der Waals surface area contributed by atoms with Crippen LogP contribution in [0.3, 0.4) is 0 Å². The van der Waals surface area contributed by atoms with Crippen molar-refractivity contribution in [3.63, 3.8) is 0 Å². The number of pyridine rings is 1. The SMILES string of the molecule is COc1ccc(Cl)c(OCC2CC3CC3N2C(=O)OC(C)(C)C)n1. The van der Waals surface area contributed by atoms with Crippen molar-refractivity contribution >= 4 is 17.7 Å². The van der Waals surface area contributed by atoms with Crippen LogP contribution in [0.25, 0.3) is 0 Å². The molecule has 1 aromatic rings. The van der Waals surface area contributed by atoms with Gasteiger partial charge in [0.2, 0.25) is 11.8 Å². The molecule has 1 saturated heterocycles. The first-order chi connectivity index (χ1) is 11.3. The van der Waals surface area contributed by atoms with E-state index in [1.807, 2.05) is 25.7 Å². The second kappa shape index (κ2) is 6.31. The number of ether oxygens (including phenoxy) is 3. The number of aromatic nitrogens is 1. The summed E-state index contributed by atoms with van der Waals surface area (Å²) in [6, 6.07) is 3.61. The van der Waals surface area contributed by atoms with Gasteiger partial charge in [0.15, 0.2) is 0 Å². The first kappa shape index (κ1) is 17.1. The number of carbonyl (C=O) groups is 1. The number of nitrogens with zero attached hydrogens (tertiary/aromatic N) is 2. The van der Waals surface area contributed by atoms with Crippen molar-refractivity contribution in [3.8, 4) is 11.8 Å². The second-order valence-corrected chi connectivity index (χ2v) is 7.70. The largest absolute Gasteiger partial charge is 0.481 e. The Morgan fingerprint density at radius 2 is 2.12 bits per heavy atom. The number of hydrogen-bond acceptors (Lipinski definition) is 5. The molecule has 24 heavy (non-hydrogen) atoms. The van der Waals surface area contributed by atoms with Crippen molar-refractivity contribution in [1.82, 2.24) is 9.88 Å². The van der Waals surface area contributed by atoms with Crippen LogP contribution in [-0.2, 0) is 4.74 Å². The van der Waals surface area contributed by atoms with Crippen LogP contribution in [-0.4, -0.2) is 47.4 Å². The molecule has 3 unspecified atom stereocenters. The van der Waals surface area contributed by atoms with Gasteiger partial charge in [-0.2, -0.15) is 4.98 Å². The molecule has 1 aromatic heterocycles. The van der Waals surface area contributed by atoms with Crippen molar-refractivity contribution in [2.75, 3.05) is 13.7 Å². The summed E-state index contributed by atoms with van der Waals surface area (Å²) >= 11 is 6.11. The van der Waals surface area contributed by atoms with Crippen LogP contribution < -0.4 is 9.47 Å². The molecule has 0 radical (unpaired) electrons. The molecule has 1 aliphatic carbocycles. The van der Waals surface area contributed by atoms with Gasteiger partial charge < -0.3 is 14.2 Å². The van der Waals surface area contributed by atoms with Crippen LogP contribution in [0, 0.1) is 5.92 Å². The molecule has 0 bridgehead atoms. The molecule has 6 nitrogen and oxygen atoms in total. The van der Waals surface area contributed by atoms with E-state index in [1.165, 1.54) is 7.11 Å². The predicted molar refractivity (Wildman–Crippen MR) is 89.7 cm³/mol. The smallest absolute Gasteiger partial charge is 0.410 e. The highest BCUT2D eigenvalue weighted by Gasteiger charge is 2.55. The summed E-state index contributed by atoms with van der Waals surface area (Å²) in [5.41, 5.74) is -0.507. The number of carbonyl (C=O) groups excluding carboxylic acids is 1. The molecule has 2 fully saturated rings. The highest BCUT2D eigenvalue weighted by molar-refractivity contribution is 6.31. The molecule has 1 amide bonds. The molecule has 0 aromatic carbocycles. The standard InChI is InChI=1S/C17H23ClN2O4/c1-17(2,3)24-16(21)20-11(7-10-8-13(10)20)9-23-15-12(18)5-6-14(19-15)22-4/h5-6,10-11,13H,7-9H2,1-4H3. The van der Waals surface area contributed by atoms with Crippen molar-refractivity contribution < 1.29 is 19.0 Å². The van der Waals surface area contributed by atoms with Crippen LogP contribution in [0.2, 0.25) is 5.02 Å². The van der Waals surface area contributed by atoms with E-state index in [2.05, 4.69) is 4.98 Å². The number of halogens is 1. The maximum absolute atomic E-state index is 12.5. The summed E-state index contributed by atoms with van der Waals surface area (Å²) in [5, 5.41) is 0.419. The molecular formula is C17H23ClN2O4. The zero-order chi connectivity index (χ0) is 17.5. The average molecular weight is 355 g/mol. The molecule has 132 valence electrons. The molecule has 3 rings (SSSR count). The molecule has 3 atom stereocenters. The molecule has 7 heteroatoms. The lowest BCUT2D eigenvalue weighted by Gasteiger charge is -2.30. The van der Waals surface area contributed by atoms with E-state index in [4.69, 9.17) is 25.8 Å². The first-order valence-electron chi connectivity index (χ1n) is 8.13. The zero-order valence-corrected chi connectivity index (χ0v) is 15.2. The maximum atomic E-state index is 12.5. The highest BCUT2D eigenvalue weighted by atomic mass is 35.5. The number of amides is 1. The third-order valence-electron chi connectivity index (χ3n) is 4.22. The molecule has 2 aliphatic rings. The highest BCUT2D eigenvalue weighted by Crippen LogP contribution is 2.48. The van der Waals surface area contributed by atoms with E-state index in [1.54, 1.807) is 12.1 Å². The Labute approximate surface area is 147 Å². The van der Waals surface area contributed by atoms with Crippen LogP contribution in [0.15, 0.2) is 12.1 Å². The Hall–Kier alpha value is -1.69. The fourth-order valence-corrected chi connectivity index (χ4v) is 3.26. The molecule has 2 heterocycles. The number of rotatable bonds is 4. The van der Waals surface area contributed by atoms with Crippen LogP contribution in [0.5, 0.6) is 11.8 Å². The molecule has 1 saturated carbocycles. The van der Waals surface area contributed by atoms with Gasteiger partial charge in [-0.05, 0) is 45.6 Å². The lowest BCUT2D eigenvalue weighted by atomic mass is 10.2. The number of methoxy groups -OCH3 is 1. The Balaban J connectivity index is 1.65. The Kier molecular flexibility index (Phi) is 4.51. The van der Waals surface area contributed by atoms with Crippen molar-refractivity contribution in [2.24, 2.45) is 5.92 Å². The molecular weight excluding hydrogens is 332 g/mol. The lowest BCUT2D eigenvalue weighted by molar-refractivity contribution is 0.0137. The second-order valence-electron chi connectivity index (χ2n) is 7.29. The lowest BCUT2D eigenvalue weighted by Crippen LogP contribution is -2.44. The quantitative estimate of drug-likeness (QED) is 0.827. The monoisotopic (exact) mass is 354 g/mol. The van der Waals surface area contributed by atoms with Crippen LogP contribution >= 0.6 is 11.6 Å². The minimum absolute atomic E-state index is 0.0207. The fourth-order valence-electron chi connectivity index (χ4n) is 3.10. The van der Waals surface area contributed by atoms with Gasteiger partial charge in [-0.25, -0.2) is 4.79 Å². The van der Waals surface area contributed by atoms with Crippen LogP contribution in [0.4, 0.5) is 4.79 Å². The normalized spacial score (nSPS) is 25.2. The van der Waals surface area contributed by atoms with Gasteiger partial charge >= 0.3 is 6.09 Å². The summed E-state index contributed by atoms with van der Waals surface area (Å²) in [6.07, 6.45) is 1.70. The molecule has 0 N–H and O–H groups in total. The van der Waals surface area contributed by atoms with Gasteiger partial charge in [0, 0.05) is 12.1 Å². The fraction of sp³-hybridized carbons (Fsp3) is 0.647. The molecule has 0 spiro atoms. The van der Waals surface area contributed by atoms with E-state index in [0.717, 1.165) is 12.8 Å². The summed E-state index contributed by atoms with van der Waals surface area (Å²) < 4.78 is 16.4. The minimum Gasteiger partial charge on any atom is -0.481 e. The minimum atomic E-state index is -0.507. The number of fused-ring (bicyclic) bond motifs is 1. The number of hydrogen-bond donors (Lipinski definition) is 0. The van der Waals surface area contributed by atoms with Gasteiger partial charge in [0.25, 0.3) is 0 Å². The topological polar surface area (TPSA) is 60.9 Å². The van der Waals surface area contributed by atoms with E-state index in [-0.39, 0.29) is 18.2 Å². The zero-order valence-electron chi connectivity index (χ0n) is 14.4. The van der Waals surface area contributed by atoms with Gasteiger partial charge in [0.05, 0.1) is 13.2 Å².